The maximum Gasteiger partial charge on any atom is 0.270 e. The van der Waals surface area contributed by atoms with E-state index in [1.54, 1.807) is 6.08 Å². The fraction of sp³-hybridized carbons (Fsp3) is 0.714. The summed E-state index contributed by atoms with van der Waals surface area (Å²) in [5, 5.41) is 9.11. The van der Waals surface area contributed by atoms with Crippen molar-refractivity contribution in [2.45, 2.75) is 31.3 Å². The van der Waals surface area contributed by atoms with Crippen LogP contribution < -0.4 is 0 Å². The molecule has 0 saturated heterocycles. The Kier molecular flexibility index (Phi) is 2.04. The van der Waals surface area contributed by atoms with E-state index >= 15 is 0 Å². The normalized spacial score (nSPS) is 33.2. The molecule has 0 aromatic carbocycles. The molecule has 10 heavy (non-hydrogen) atoms. The minimum Gasteiger partial charge on any atom is -0.380 e. The monoisotopic (exact) mass is 148 g/mol. The highest BCUT2D eigenvalue weighted by Gasteiger charge is 2.35. The summed E-state index contributed by atoms with van der Waals surface area (Å²) in [4.78, 5) is 0. The summed E-state index contributed by atoms with van der Waals surface area (Å²) in [5.41, 5.74) is -1.84. The van der Waals surface area contributed by atoms with Gasteiger partial charge in [0.1, 0.15) is 5.60 Å². The summed E-state index contributed by atoms with van der Waals surface area (Å²) in [6.45, 7) is 0. The van der Waals surface area contributed by atoms with Gasteiger partial charge in [-0.1, -0.05) is 12.2 Å². The number of rotatable bonds is 1. The second-order valence-corrected chi connectivity index (χ2v) is 2.59. The molecular weight excluding hydrogens is 138 g/mol. The van der Waals surface area contributed by atoms with Gasteiger partial charge in [0.05, 0.1) is 0 Å². The SMILES string of the molecule is OC1(C(F)F)C=CCCC1. The molecule has 0 spiro atoms. The zero-order valence-electron chi connectivity index (χ0n) is 5.56. The van der Waals surface area contributed by atoms with Gasteiger partial charge in [0, 0.05) is 0 Å². The van der Waals surface area contributed by atoms with E-state index in [9.17, 15) is 8.78 Å². The average molecular weight is 148 g/mol. The Bertz CT molecular complexity index is 145. The van der Waals surface area contributed by atoms with E-state index < -0.39 is 12.0 Å². The van der Waals surface area contributed by atoms with Crippen LogP contribution in [0.3, 0.4) is 0 Å². The highest BCUT2D eigenvalue weighted by Crippen LogP contribution is 2.27. The molecule has 58 valence electrons. The summed E-state index contributed by atoms with van der Waals surface area (Å²) in [6.07, 6.45) is 1.80. The Balaban J connectivity index is 2.65. The first-order valence-corrected chi connectivity index (χ1v) is 3.33. The van der Waals surface area contributed by atoms with Crippen molar-refractivity contribution in [1.29, 1.82) is 0 Å². The van der Waals surface area contributed by atoms with Gasteiger partial charge in [-0.15, -0.1) is 0 Å². The predicted molar refractivity (Wildman–Crippen MR) is 33.9 cm³/mol. The molecule has 1 unspecified atom stereocenters. The van der Waals surface area contributed by atoms with Crippen LogP contribution in [0.1, 0.15) is 19.3 Å². The third-order valence-corrected chi connectivity index (χ3v) is 1.73. The highest BCUT2D eigenvalue weighted by molar-refractivity contribution is 5.06. The zero-order chi connectivity index (χ0) is 7.61. The molecule has 1 aliphatic rings. The summed E-state index contributed by atoms with van der Waals surface area (Å²) in [5.74, 6) is 0. The second kappa shape index (κ2) is 2.66. The first-order valence-electron chi connectivity index (χ1n) is 3.33. The van der Waals surface area contributed by atoms with Crippen LogP contribution in [0.25, 0.3) is 0 Å². The van der Waals surface area contributed by atoms with Gasteiger partial charge in [-0.05, 0) is 19.3 Å². The highest BCUT2D eigenvalue weighted by atomic mass is 19.3. The molecule has 1 rings (SSSR count). The van der Waals surface area contributed by atoms with E-state index in [2.05, 4.69) is 0 Å². The van der Waals surface area contributed by atoms with Gasteiger partial charge in [-0.3, -0.25) is 0 Å². The number of aliphatic hydroxyl groups is 1. The van der Waals surface area contributed by atoms with Crippen molar-refractivity contribution in [3.63, 3.8) is 0 Å². The molecule has 0 aromatic rings. The minimum atomic E-state index is -2.65. The van der Waals surface area contributed by atoms with Crippen molar-refractivity contribution < 1.29 is 13.9 Å². The van der Waals surface area contributed by atoms with Gasteiger partial charge in [0.15, 0.2) is 0 Å². The fourth-order valence-electron chi connectivity index (χ4n) is 1.06. The Morgan fingerprint density at radius 1 is 1.50 bits per heavy atom. The largest absolute Gasteiger partial charge is 0.380 e. The van der Waals surface area contributed by atoms with Crippen molar-refractivity contribution in [2.24, 2.45) is 0 Å². The van der Waals surface area contributed by atoms with Crippen LogP contribution in [-0.2, 0) is 0 Å². The van der Waals surface area contributed by atoms with Crippen LogP contribution in [-0.4, -0.2) is 17.1 Å². The predicted octanol–water partition coefficient (Wildman–Crippen LogP) is 1.72. The molecule has 1 aliphatic carbocycles. The molecule has 1 nitrogen and oxygen atoms in total. The van der Waals surface area contributed by atoms with Crippen molar-refractivity contribution in [3.05, 3.63) is 12.2 Å². The summed E-state index contributed by atoms with van der Waals surface area (Å²) < 4.78 is 24.0. The maximum absolute atomic E-state index is 12.0. The zero-order valence-corrected chi connectivity index (χ0v) is 5.56. The molecule has 0 radical (unpaired) electrons. The molecule has 0 aromatic heterocycles. The molecule has 0 aliphatic heterocycles. The number of hydrogen-bond acceptors (Lipinski definition) is 1. The van der Waals surface area contributed by atoms with Gasteiger partial charge < -0.3 is 5.11 Å². The molecule has 1 atom stereocenters. The molecule has 0 amide bonds. The molecule has 0 bridgehead atoms. The van der Waals surface area contributed by atoms with Gasteiger partial charge in [0.25, 0.3) is 6.43 Å². The molecule has 3 heteroatoms. The lowest BCUT2D eigenvalue weighted by Crippen LogP contribution is -2.36. The third-order valence-electron chi connectivity index (χ3n) is 1.73. The maximum atomic E-state index is 12.0. The lowest BCUT2D eigenvalue weighted by molar-refractivity contribution is -0.0697. The Hall–Kier alpha value is -0.440. The standard InChI is InChI=1S/C7H10F2O/c8-6(9)7(10)4-2-1-3-5-7/h2,4,6,10H,1,3,5H2. The van der Waals surface area contributed by atoms with Crippen molar-refractivity contribution in [1.82, 2.24) is 0 Å². The van der Waals surface area contributed by atoms with Gasteiger partial charge in [-0.25, -0.2) is 8.78 Å². The van der Waals surface area contributed by atoms with Crippen LogP contribution >= 0.6 is 0 Å². The fourth-order valence-corrected chi connectivity index (χ4v) is 1.06. The van der Waals surface area contributed by atoms with Gasteiger partial charge in [0.2, 0.25) is 0 Å². The molecule has 0 saturated carbocycles. The lowest BCUT2D eigenvalue weighted by atomic mass is 9.92. The van der Waals surface area contributed by atoms with Gasteiger partial charge >= 0.3 is 0 Å². The third kappa shape index (κ3) is 1.34. The van der Waals surface area contributed by atoms with E-state index in [-0.39, 0.29) is 6.42 Å². The van der Waals surface area contributed by atoms with E-state index in [0.717, 1.165) is 6.42 Å². The Labute approximate surface area is 58.4 Å². The minimum absolute atomic E-state index is 0.182. The number of allylic oxidation sites excluding steroid dienone is 1. The topological polar surface area (TPSA) is 20.2 Å². The Morgan fingerprint density at radius 2 is 2.20 bits per heavy atom. The van der Waals surface area contributed by atoms with Crippen LogP contribution in [0.4, 0.5) is 8.78 Å². The summed E-state index contributed by atoms with van der Waals surface area (Å²) in [7, 11) is 0. The first kappa shape index (κ1) is 7.66. The van der Waals surface area contributed by atoms with E-state index in [1.165, 1.54) is 6.08 Å². The number of hydrogen-bond donors (Lipinski definition) is 1. The average Bonchev–Trinajstić information content (AvgIpc) is 1.89. The van der Waals surface area contributed by atoms with E-state index in [0.29, 0.717) is 6.42 Å². The first-order chi connectivity index (χ1) is 4.65. The molecule has 1 N–H and O–H groups in total. The van der Waals surface area contributed by atoms with Crippen LogP contribution in [0.2, 0.25) is 0 Å². The van der Waals surface area contributed by atoms with E-state index in [4.69, 9.17) is 5.11 Å². The van der Waals surface area contributed by atoms with Crippen LogP contribution in [0, 0.1) is 0 Å². The quantitative estimate of drug-likeness (QED) is 0.561. The molecular formula is C7H10F2O. The molecule has 0 fully saturated rings. The summed E-state index contributed by atoms with van der Waals surface area (Å²) >= 11 is 0. The Morgan fingerprint density at radius 3 is 2.50 bits per heavy atom. The lowest BCUT2D eigenvalue weighted by Gasteiger charge is -2.25. The van der Waals surface area contributed by atoms with Crippen molar-refractivity contribution >= 4 is 0 Å². The smallest absolute Gasteiger partial charge is 0.270 e. The van der Waals surface area contributed by atoms with Crippen molar-refractivity contribution in [3.8, 4) is 0 Å². The number of alkyl halides is 2. The van der Waals surface area contributed by atoms with Crippen LogP contribution in [0.5, 0.6) is 0 Å². The van der Waals surface area contributed by atoms with Gasteiger partial charge in [-0.2, -0.15) is 0 Å². The molecule has 0 heterocycles. The summed E-state index contributed by atoms with van der Waals surface area (Å²) in [6, 6.07) is 0. The number of halogens is 2. The van der Waals surface area contributed by atoms with Crippen molar-refractivity contribution in [2.75, 3.05) is 0 Å². The van der Waals surface area contributed by atoms with E-state index in [1.807, 2.05) is 0 Å². The second-order valence-electron chi connectivity index (χ2n) is 2.59. The van der Waals surface area contributed by atoms with Crippen LogP contribution in [0.15, 0.2) is 12.2 Å².